The molecule has 0 aliphatic heterocycles. The predicted molar refractivity (Wildman–Crippen MR) is 64.3 cm³/mol. The molecule has 1 aromatic heterocycles. The molecular weight excluding hydrogens is 366 g/mol. The molecule has 0 fully saturated rings. The van der Waals surface area contributed by atoms with Gasteiger partial charge in [0.2, 0.25) is 5.88 Å². The fourth-order valence-electron chi connectivity index (χ4n) is 1.15. The van der Waals surface area contributed by atoms with Gasteiger partial charge in [-0.15, -0.1) is 13.2 Å². The van der Waals surface area contributed by atoms with Crippen molar-refractivity contribution < 1.29 is 27.4 Å². The largest absolute Gasteiger partial charge is 0.574 e. The molecule has 0 N–H and O–H groups in total. The van der Waals surface area contributed by atoms with E-state index in [0.717, 1.165) is 0 Å². The number of carbonyl (C=O) groups is 1. The Hall–Kier alpha value is -1.06. The minimum absolute atomic E-state index is 0.113. The number of halogens is 4. The van der Waals surface area contributed by atoms with Crippen LogP contribution in [0.4, 0.5) is 13.2 Å². The van der Waals surface area contributed by atoms with Crippen LogP contribution in [0.1, 0.15) is 23.0 Å². The van der Waals surface area contributed by atoms with Crippen LogP contribution in [-0.2, 0) is 4.74 Å². The molecule has 0 radical (unpaired) electrons. The van der Waals surface area contributed by atoms with Gasteiger partial charge in [-0.2, -0.15) is 0 Å². The van der Waals surface area contributed by atoms with E-state index in [9.17, 15) is 18.0 Å². The number of nitrogens with zero attached hydrogens (tertiary/aromatic N) is 1. The Morgan fingerprint density at radius 2 is 2.11 bits per heavy atom. The minimum atomic E-state index is -4.85. The highest BCUT2D eigenvalue weighted by atomic mass is 127. The van der Waals surface area contributed by atoms with Crippen LogP contribution in [0.25, 0.3) is 0 Å². The van der Waals surface area contributed by atoms with Crippen molar-refractivity contribution in [3.8, 4) is 5.88 Å². The second-order valence-electron chi connectivity index (χ2n) is 3.21. The first-order chi connectivity index (χ1) is 8.24. The van der Waals surface area contributed by atoms with Crippen molar-refractivity contribution in [2.75, 3.05) is 6.61 Å². The van der Waals surface area contributed by atoms with Crippen LogP contribution in [0.5, 0.6) is 5.88 Å². The van der Waals surface area contributed by atoms with Crippen LogP contribution in [0, 0.1) is 10.5 Å². The number of pyridine rings is 1. The van der Waals surface area contributed by atoms with Crippen molar-refractivity contribution in [3.63, 3.8) is 0 Å². The van der Waals surface area contributed by atoms with Gasteiger partial charge in [0, 0.05) is 0 Å². The van der Waals surface area contributed by atoms with Crippen LogP contribution in [0.15, 0.2) is 6.07 Å². The molecule has 100 valence electrons. The Morgan fingerprint density at radius 3 is 2.61 bits per heavy atom. The molecule has 0 aromatic carbocycles. The molecule has 1 rings (SSSR count). The summed E-state index contributed by atoms with van der Waals surface area (Å²) in [7, 11) is 0. The average Bonchev–Trinajstić information content (AvgIpc) is 2.20. The summed E-state index contributed by atoms with van der Waals surface area (Å²) in [5.74, 6) is -1.44. The van der Waals surface area contributed by atoms with E-state index < -0.39 is 18.2 Å². The lowest BCUT2D eigenvalue weighted by molar-refractivity contribution is -0.276. The summed E-state index contributed by atoms with van der Waals surface area (Å²) in [6.45, 7) is 3.26. The van der Waals surface area contributed by atoms with Crippen LogP contribution in [-0.4, -0.2) is 23.9 Å². The van der Waals surface area contributed by atoms with E-state index in [4.69, 9.17) is 4.74 Å². The van der Waals surface area contributed by atoms with E-state index >= 15 is 0 Å². The van der Waals surface area contributed by atoms with Gasteiger partial charge in [0.05, 0.1) is 10.2 Å². The highest BCUT2D eigenvalue weighted by molar-refractivity contribution is 14.1. The second kappa shape index (κ2) is 5.72. The van der Waals surface area contributed by atoms with E-state index in [1.54, 1.807) is 36.4 Å². The van der Waals surface area contributed by atoms with Crippen molar-refractivity contribution >= 4 is 28.6 Å². The molecule has 0 unspecified atom stereocenters. The Balaban J connectivity index is 3.14. The number of aromatic nitrogens is 1. The normalized spacial score (nSPS) is 11.2. The van der Waals surface area contributed by atoms with Gasteiger partial charge in [-0.1, -0.05) is 0 Å². The molecule has 0 aliphatic carbocycles. The molecule has 0 bridgehead atoms. The zero-order chi connectivity index (χ0) is 13.9. The van der Waals surface area contributed by atoms with E-state index in [2.05, 4.69) is 9.72 Å². The zero-order valence-corrected chi connectivity index (χ0v) is 11.6. The van der Waals surface area contributed by atoms with Crippen LogP contribution < -0.4 is 4.74 Å². The number of aryl methyl sites for hydroxylation is 1. The van der Waals surface area contributed by atoms with Gasteiger partial charge >= 0.3 is 12.3 Å². The third-order valence-electron chi connectivity index (χ3n) is 1.82. The SMILES string of the molecule is CCOC(=O)c1nc(OC(F)(F)F)c(I)cc1C. The topological polar surface area (TPSA) is 48.4 Å². The first-order valence-electron chi connectivity index (χ1n) is 4.84. The summed E-state index contributed by atoms with van der Waals surface area (Å²) in [6.07, 6.45) is -4.85. The molecule has 1 heterocycles. The maximum absolute atomic E-state index is 12.1. The van der Waals surface area contributed by atoms with Crippen LogP contribution in [0.2, 0.25) is 0 Å². The predicted octanol–water partition coefficient (Wildman–Crippen LogP) is 3.07. The Labute approximate surface area is 115 Å². The van der Waals surface area contributed by atoms with E-state index in [0.29, 0.717) is 5.56 Å². The quantitative estimate of drug-likeness (QED) is 0.602. The van der Waals surface area contributed by atoms with Crippen molar-refractivity contribution in [3.05, 3.63) is 20.9 Å². The fourth-order valence-corrected chi connectivity index (χ4v) is 1.85. The minimum Gasteiger partial charge on any atom is -0.461 e. The van der Waals surface area contributed by atoms with Crippen molar-refractivity contribution in [1.29, 1.82) is 0 Å². The third-order valence-corrected chi connectivity index (χ3v) is 2.59. The van der Waals surface area contributed by atoms with Gasteiger partial charge < -0.3 is 9.47 Å². The molecule has 0 aliphatic rings. The summed E-state index contributed by atoms with van der Waals surface area (Å²) in [4.78, 5) is 15.0. The summed E-state index contributed by atoms with van der Waals surface area (Å²) in [5.41, 5.74) is 0.240. The highest BCUT2D eigenvalue weighted by Crippen LogP contribution is 2.27. The molecule has 18 heavy (non-hydrogen) atoms. The Kier molecular flexibility index (Phi) is 4.77. The molecular formula is C10H9F3INO3. The van der Waals surface area contributed by atoms with Gasteiger partial charge in [0.15, 0.2) is 5.69 Å². The number of ether oxygens (including phenoxy) is 2. The van der Waals surface area contributed by atoms with Gasteiger partial charge in [0.1, 0.15) is 0 Å². The summed E-state index contributed by atoms with van der Waals surface area (Å²) < 4.78 is 44.9. The van der Waals surface area contributed by atoms with Crippen molar-refractivity contribution in [2.45, 2.75) is 20.2 Å². The fraction of sp³-hybridized carbons (Fsp3) is 0.400. The monoisotopic (exact) mass is 375 g/mol. The molecule has 8 heteroatoms. The summed E-state index contributed by atoms with van der Waals surface area (Å²) >= 11 is 1.65. The van der Waals surface area contributed by atoms with E-state index in [1.807, 2.05) is 0 Å². The maximum Gasteiger partial charge on any atom is 0.574 e. The van der Waals surface area contributed by atoms with E-state index in [-0.39, 0.29) is 15.9 Å². The second-order valence-corrected chi connectivity index (χ2v) is 4.37. The lowest BCUT2D eigenvalue weighted by atomic mass is 10.2. The van der Waals surface area contributed by atoms with E-state index in [1.165, 1.54) is 6.07 Å². The van der Waals surface area contributed by atoms with Gasteiger partial charge in [0.25, 0.3) is 0 Å². The first kappa shape index (κ1) is 15.0. The van der Waals surface area contributed by atoms with Gasteiger partial charge in [-0.25, -0.2) is 9.78 Å². The number of esters is 1. The van der Waals surface area contributed by atoms with Gasteiger partial charge in [-0.05, 0) is 48.1 Å². The standard InChI is InChI=1S/C10H9F3INO3/c1-3-17-9(16)7-5(2)4-6(14)8(15-7)18-10(11,12)13/h4H,3H2,1-2H3. The number of carbonyl (C=O) groups excluding carboxylic acids is 1. The number of alkyl halides is 3. The lowest BCUT2D eigenvalue weighted by Gasteiger charge is -2.12. The maximum atomic E-state index is 12.1. The Bertz CT molecular complexity index is 462. The third kappa shape index (κ3) is 4.00. The van der Waals surface area contributed by atoms with Gasteiger partial charge in [-0.3, -0.25) is 0 Å². The average molecular weight is 375 g/mol. The molecule has 4 nitrogen and oxygen atoms in total. The number of hydrogen-bond donors (Lipinski definition) is 0. The number of hydrogen-bond acceptors (Lipinski definition) is 4. The summed E-state index contributed by atoms with van der Waals surface area (Å²) in [6, 6.07) is 1.38. The smallest absolute Gasteiger partial charge is 0.461 e. The lowest BCUT2D eigenvalue weighted by Crippen LogP contribution is -2.20. The van der Waals surface area contributed by atoms with Crippen LogP contribution in [0.3, 0.4) is 0 Å². The number of rotatable bonds is 3. The molecule has 0 spiro atoms. The summed E-state index contributed by atoms with van der Waals surface area (Å²) in [5, 5.41) is 0. The van der Waals surface area contributed by atoms with Crippen molar-refractivity contribution in [1.82, 2.24) is 4.98 Å². The molecule has 1 aromatic rings. The first-order valence-corrected chi connectivity index (χ1v) is 5.92. The highest BCUT2D eigenvalue weighted by Gasteiger charge is 2.33. The van der Waals surface area contributed by atoms with Crippen LogP contribution >= 0.6 is 22.6 Å². The molecule has 0 atom stereocenters. The Morgan fingerprint density at radius 1 is 1.50 bits per heavy atom. The molecule has 0 saturated heterocycles. The zero-order valence-electron chi connectivity index (χ0n) is 9.47. The molecule has 0 amide bonds. The van der Waals surface area contributed by atoms with Crippen molar-refractivity contribution in [2.24, 2.45) is 0 Å². The molecule has 0 saturated carbocycles.